The Hall–Kier alpha value is -2.93. The highest BCUT2D eigenvalue weighted by Gasteiger charge is 2.06. The van der Waals surface area contributed by atoms with Crippen molar-refractivity contribution < 1.29 is 19.3 Å². The number of guanidine groups is 1. The Balaban J connectivity index is 2.00. The van der Waals surface area contributed by atoms with Crippen LogP contribution in [0.5, 0.6) is 17.2 Å². The number of nitrogens with one attached hydrogen (secondary N) is 2. The highest BCUT2D eigenvalue weighted by Crippen LogP contribution is 2.28. The summed E-state index contributed by atoms with van der Waals surface area (Å²) in [6.07, 6.45) is 0. The quantitative estimate of drug-likeness (QED) is 0.429. The minimum Gasteiger partial charge on any atom is -0.497 e. The number of rotatable bonds is 10. The van der Waals surface area contributed by atoms with E-state index in [1.165, 1.54) is 0 Å². The zero-order valence-electron chi connectivity index (χ0n) is 16.7. The summed E-state index contributed by atoms with van der Waals surface area (Å²) in [5.41, 5.74) is 2.13. The van der Waals surface area contributed by atoms with Crippen molar-refractivity contribution in [2.75, 3.05) is 34.0 Å². The van der Waals surface area contributed by atoms with Gasteiger partial charge in [-0.2, -0.15) is 0 Å². The Labute approximate surface area is 166 Å². The Bertz CT molecular complexity index is 748. The van der Waals surface area contributed by atoms with E-state index in [9.17, 15) is 0 Å². The molecule has 2 aromatic carbocycles. The van der Waals surface area contributed by atoms with E-state index in [0.717, 1.165) is 29.4 Å². The largest absolute Gasteiger partial charge is 0.497 e. The summed E-state index contributed by atoms with van der Waals surface area (Å²) in [7, 11) is 3.25. The summed E-state index contributed by atoms with van der Waals surface area (Å²) in [6, 6.07) is 13.6. The second-order valence-electron chi connectivity index (χ2n) is 5.95. The van der Waals surface area contributed by atoms with Crippen LogP contribution in [0.1, 0.15) is 18.1 Å². The minimum absolute atomic E-state index is 0.0406. The molecule has 2 rings (SSSR count). The third-order valence-corrected chi connectivity index (χ3v) is 3.96. The van der Waals surface area contributed by atoms with E-state index in [-0.39, 0.29) is 13.2 Å². The molecule has 0 saturated heterocycles. The Morgan fingerprint density at radius 1 is 0.964 bits per heavy atom. The van der Waals surface area contributed by atoms with Crippen LogP contribution in [-0.2, 0) is 13.1 Å². The van der Waals surface area contributed by atoms with Crippen LogP contribution in [0, 0.1) is 0 Å². The van der Waals surface area contributed by atoms with Crippen molar-refractivity contribution in [2.24, 2.45) is 4.99 Å². The van der Waals surface area contributed by atoms with E-state index >= 15 is 0 Å². The molecular weight excluding hydrogens is 358 g/mol. The first-order valence-corrected chi connectivity index (χ1v) is 9.25. The molecule has 0 amide bonds. The lowest BCUT2D eigenvalue weighted by Gasteiger charge is -2.13. The number of aliphatic imine (C=N–C) groups is 1. The predicted molar refractivity (Wildman–Crippen MR) is 110 cm³/mol. The van der Waals surface area contributed by atoms with Gasteiger partial charge in [0.15, 0.2) is 17.5 Å². The van der Waals surface area contributed by atoms with Gasteiger partial charge in [0.1, 0.15) is 12.4 Å². The van der Waals surface area contributed by atoms with Gasteiger partial charge in [0.2, 0.25) is 0 Å². The van der Waals surface area contributed by atoms with Crippen molar-refractivity contribution >= 4 is 5.96 Å². The zero-order chi connectivity index (χ0) is 20.2. The van der Waals surface area contributed by atoms with Crippen LogP contribution in [0.25, 0.3) is 0 Å². The fraction of sp³-hybridized carbons (Fsp3) is 0.381. The van der Waals surface area contributed by atoms with Crippen molar-refractivity contribution in [3.63, 3.8) is 0 Å². The molecule has 0 aliphatic heterocycles. The average molecular weight is 387 g/mol. The van der Waals surface area contributed by atoms with E-state index in [2.05, 4.69) is 15.6 Å². The highest BCUT2D eigenvalue weighted by molar-refractivity contribution is 5.79. The number of hydrogen-bond acceptors (Lipinski definition) is 5. The number of aliphatic hydroxyl groups is 1. The predicted octanol–water partition coefficient (Wildman–Crippen LogP) is 2.33. The second-order valence-corrected chi connectivity index (χ2v) is 5.95. The number of benzene rings is 2. The summed E-state index contributed by atoms with van der Waals surface area (Å²) in [4.78, 5) is 4.63. The normalized spacial score (nSPS) is 11.1. The Morgan fingerprint density at radius 3 is 2.36 bits per heavy atom. The van der Waals surface area contributed by atoms with Crippen LogP contribution < -0.4 is 24.8 Å². The van der Waals surface area contributed by atoms with Gasteiger partial charge in [-0.05, 0) is 42.3 Å². The van der Waals surface area contributed by atoms with Gasteiger partial charge in [-0.15, -0.1) is 0 Å². The van der Waals surface area contributed by atoms with Crippen molar-refractivity contribution in [2.45, 2.75) is 20.0 Å². The average Bonchev–Trinajstić information content (AvgIpc) is 2.74. The van der Waals surface area contributed by atoms with Crippen LogP contribution in [0.2, 0.25) is 0 Å². The van der Waals surface area contributed by atoms with Gasteiger partial charge >= 0.3 is 0 Å². The summed E-state index contributed by atoms with van der Waals surface area (Å²) in [5.74, 6) is 2.80. The van der Waals surface area contributed by atoms with E-state index in [4.69, 9.17) is 19.3 Å². The number of methoxy groups -OCH3 is 2. The molecule has 7 nitrogen and oxygen atoms in total. The van der Waals surface area contributed by atoms with Crippen LogP contribution >= 0.6 is 0 Å². The molecule has 3 N–H and O–H groups in total. The van der Waals surface area contributed by atoms with Crippen LogP contribution in [0.15, 0.2) is 47.5 Å². The van der Waals surface area contributed by atoms with Gasteiger partial charge in [-0.25, -0.2) is 4.99 Å². The topological polar surface area (TPSA) is 84.3 Å². The third kappa shape index (κ3) is 6.66. The molecule has 0 fully saturated rings. The summed E-state index contributed by atoms with van der Waals surface area (Å²) in [5, 5.41) is 15.5. The van der Waals surface area contributed by atoms with E-state index in [1.54, 1.807) is 14.2 Å². The van der Waals surface area contributed by atoms with Gasteiger partial charge in [-0.1, -0.05) is 18.2 Å². The molecule has 7 heteroatoms. The second kappa shape index (κ2) is 11.7. The maximum Gasteiger partial charge on any atom is 0.191 e. The summed E-state index contributed by atoms with van der Waals surface area (Å²) >= 11 is 0. The van der Waals surface area contributed by atoms with Crippen molar-refractivity contribution in [3.8, 4) is 17.2 Å². The molecule has 0 aliphatic carbocycles. The first kappa shape index (κ1) is 21.4. The zero-order valence-corrected chi connectivity index (χ0v) is 16.7. The van der Waals surface area contributed by atoms with Crippen LogP contribution in [0.4, 0.5) is 0 Å². The summed E-state index contributed by atoms with van der Waals surface area (Å²) in [6.45, 7) is 4.14. The standard InChI is InChI=1S/C21H29N3O4/c1-4-22-21(23-14-16-5-8-18(26-2)9-6-16)24-15-17-7-10-19(28-12-11-25)20(13-17)27-3/h5-10,13,25H,4,11-12,14-15H2,1-3H3,(H2,22,23,24). The number of hydrogen-bond donors (Lipinski definition) is 3. The Kier molecular flexibility index (Phi) is 8.94. The molecule has 0 radical (unpaired) electrons. The Morgan fingerprint density at radius 2 is 1.71 bits per heavy atom. The lowest BCUT2D eigenvalue weighted by Crippen LogP contribution is -2.36. The van der Waals surface area contributed by atoms with Crippen LogP contribution in [-0.4, -0.2) is 45.0 Å². The van der Waals surface area contributed by atoms with Crippen molar-refractivity contribution in [3.05, 3.63) is 53.6 Å². The first-order valence-electron chi connectivity index (χ1n) is 9.25. The molecule has 0 atom stereocenters. The van der Waals surface area contributed by atoms with Gasteiger partial charge < -0.3 is 30.0 Å². The van der Waals surface area contributed by atoms with Gasteiger partial charge in [0.05, 0.1) is 27.4 Å². The maximum atomic E-state index is 8.90. The fourth-order valence-corrected chi connectivity index (χ4v) is 2.53. The summed E-state index contributed by atoms with van der Waals surface area (Å²) < 4.78 is 16.0. The molecule has 0 spiro atoms. The molecule has 28 heavy (non-hydrogen) atoms. The molecule has 152 valence electrons. The molecule has 0 aromatic heterocycles. The number of nitrogens with zero attached hydrogens (tertiary/aromatic N) is 1. The molecule has 0 heterocycles. The lowest BCUT2D eigenvalue weighted by molar-refractivity contribution is 0.196. The van der Waals surface area contributed by atoms with Crippen molar-refractivity contribution in [1.82, 2.24) is 10.6 Å². The fourth-order valence-electron chi connectivity index (χ4n) is 2.53. The molecule has 0 aliphatic rings. The minimum atomic E-state index is -0.0406. The van der Waals surface area contributed by atoms with Gasteiger partial charge in [0.25, 0.3) is 0 Å². The third-order valence-electron chi connectivity index (χ3n) is 3.96. The van der Waals surface area contributed by atoms with Crippen LogP contribution in [0.3, 0.4) is 0 Å². The maximum absolute atomic E-state index is 8.90. The monoisotopic (exact) mass is 387 g/mol. The first-order chi connectivity index (χ1) is 13.7. The van der Waals surface area contributed by atoms with Gasteiger partial charge in [-0.3, -0.25) is 0 Å². The van der Waals surface area contributed by atoms with E-state index in [0.29, 0.717) is 24.6 Å². The van der Waals surface area contributed by atoms with E-state index < -0.39 is 0 Å². The smallest absolute Gasteiger partial charge is 0.191 e. The SMILES string of the molecule is CCNC(=NCc1ccc(OCCO)c(OC)c1)NCc1ccc(OC)cc1. The molecule has 2 aromatic rings. The highest BCUT2D eigenvalue weighted by atomic mass is 16.5. The molecule has 0 unspecified atom stereocenters. The molecule has 0 bridgehead atoms. The molecule has 0 saturated carbocycles. The van der Waals surface area contributed by atoms with E-state index in [1.807, 2.05) is 49.4 Å². The number of aliphatic hydroxyl groups excluding tert-OH is 1. The van der Waals surface area contributed by atoms with Crippen molar-refractivity contribution in [1.29, 1.82) is 0 Å². The lowest BCUT2D eigenvalue weighted by atomic mass is 10.2. The van der Waals surface area contributed by atoms with Gasteiger partial charge in [0, 0.05) is 13.1 Å². The molecular formula is C21H29N3O4. The number of ether oxygens (including phenoxy) is 3.